The number of amides is 2. The second-order valence-electron chi connectivity index (χ2n) is 2.74. The molecule has 1 aliphatic rings. The Balaban J connectivity index is 2.77. The third-order valence-corrected chi connectivity index (χ3v) is 2.57. The van der Waals surface area contributed by atoms with E-state index in [1.807, 2.05) is 0 Å². The van der Waals surface area contributed by atoms with Crippen molar-refractivity contribution in [3.8, 4) is 0 Å². The van der Waals surface area contributed by atoms with E-state index in [9.17, 15) is 19.2 Å². The van der Waals surface area contributed by atoms with E-state index in [1.54, 1.807) is 0 Å². The van der Waals surface area contributed by atoms with E-state index >= 15 is 0 Å². The van der Waals surface area contributed by atoms with Crippen molar-refractivity contribution in [3.63, 3.8) is 0 Å². The summed E-state index contributed by atoms with van der Waals surface area (Å²) in [4.78, 5) is 44.3. The Labute approximate surface area is 84.8 Å². The summed E-state index contributed by atoms with van der Waals surface area (Å²) in [5.41, 5.74) is 0. The lowest BCUT2D eigenvalue weighted by atomic mass is 10.4. The number of imide groups is 1. The molecule has 0 saturated carbocycles. The minimum Gasteiger partial charge on any atom is -0.287 e. The van der Waals surface area contributed by atoms with Crippen LogP contribution in [0.5, 0.6) is 0 Å². The first-order chi connectivity index (χ1) is 6.56. The molecule has 2 amide bonds. The van der Waals surface area contributed by atoms with Crippen LogP contribution < -0.4 is 0 Å². The smallest absolute Gasteiger partial charge is 0.235 e. The van der Waals surface area contributed by atoms with Gasteiger partial charge in [-0.25, -0.2) is 0 Å². The number of nitrogens with zero attached hydrogens (tertiary/aromatic N) is 1. The molecule has 0 bridgehead atoms. The zero-order chi connectivity index (χ0) is 10.7. The molecule has 0 aromatic heterocycles. The molecular formula is C8H8NO4S. The van der Waals surface area contributed by atoms with Gasteiger partial charge in [0.25, 0.3) is 0 Å². The summed E-state index contributed by atoms with van der Waals surface area (Å²) >= 11 is 0.626. The predicted molar refractivity (Wildman–Crippen MR) is 48.8 cm³/mol. The highest BCUT2D eigenvalue weighted by molar-refractivity contribution is 8.14. The van der Waals surface area contributed by atoms with Gasteiger partial charge < -0.3 is 0 Å². The molecule has 75 valence electrons. The molecule has 0 spiro atoms. The maximum Gasteiger partial charge on any atom is 0.235 e. The molecule has 1 fully saturated rings. The second kappa shape index (κ2) is 4.36. The van der Waals surface area contributed by atoms with Gasteiger partial charge in [0.1, 0.15) is 0 Å². The number of carbonyl (C=O) groups is 3. The van der Waals surface area contributed by atoms with E-state index < -0.39 is 17.2 Å². The molecule has 1 radical (unpaired) electrons. The van der Waals surface area contributed by atoms with Crippen molar-refractivity contribution in [2.45, 2.75) is 25.1 Å². The van der Waals surface area contributed by atoms with Crippen LogP contribution in [0, 0.1) is 0 Å². The Morgan fingerprint density at radius 1 is 1.43 bits per heavy atom. The highest BCUT2D eigenvalue weighted by Crippen LogP contribution is 2.22. The number of thioether (sulfide) groups is 1. The van der Waals surface area contributed by atoms with Crippen LogP contribution in [0.15, 0.2) is 0 Å². The molecular weight excluding hydrogens is 206 g/mol. The molecule has 1 atom stereocenters. The van der Waals surface area contributed by atoms with E-state index in [0.29, 0.717) is 11.8 Å². The summed E-state index contributed by atoms with van der Waals surface area (Å²) in [6, 6.07) is 0. The summed E-state index contributed by atoms with van der Waals surface area (Å²) < 4.78 is 0. The topological polar surface area (TPSA) is 71.5 Å². The Kier molecular flexibility index (Phi) is 3.40. The molecule has 1 saturated heterocycles. The Morgan fingerprint density at radius 2 is 1.93 bits per heavy atom. The summed E-state index contributed by atoms with van der Waals surface area (Å²) in [6.45, 7) is 1.26. The Morgan fingerprint density at radius 3 is 2.29 bits per heavy atom. The maximum atomic E-state index is 11.2. The average molecular weight is 214 g/mol. The fourth-order valence-corrected chi connectivity index (χ4v) is 1.85. The van der Waals surface area contributed by atoms with Crippen LogP contribution in [0.3, 0.4) is 0 Å². The predicted octanol–water partition coefficient (Wildman–Crippen LogP) is -0.149. The van der Waals surface area contributed by atoms with Gasteiger partial charge >= 0.3 is 0 Å². The van der Waals surface area contributed by atoms with Crippen LogP contribution in [0.1, 0.15) is 19.8 Å². The molecule has 0 N–H and O–H groups in total. The first-order valence-corrected chi connectivity index (χ1v) is 4.84. The highest BCUT2D eigenvalue weighted by Gasteiger charge is 2.36. The lowest BCUT2D eigenvalue weighted by Crippen LogP contribution is -2.38. The lowest BCUT2D eigenvalue weighted by molar-refractivity contribution is -0.138. The van der Waals surface area contributed by atoms with Crippen molar-refractivity contribution >= 4 is 35.0 Å². The number of rotatable bonds is 3. The minimum atomic E-state index is -1.12. The number of likely N-dealkylation sites (tertiary alicyclic amines) is 1. The molecule has 1 unspecified atom stereocenters. The van der Waals surface area contributed by atoms with Crippen LogP contribution in [-0.4, -0.2) is 33.5 Å². The van der Waals surface area contributed by atoms with E-state index in [2.05, 4.69) is 0 Å². The van der Waals surface area contributed by atoms with E-state index in [4.69, 9.17) is 0 Å². The van der Waals surface area contributed by atoms with Crippen molar-refractivity contribution in [2.24, 2.45) is 0 Å². The number of hydrogen-bond donors (Lipinski definition) is 0. The van der Waals surface area contributed by atoms with Gasteiger partial charge in [0.2, 0.25) is 18.1 Å². The van der Waals surface area contributed by atoms with Gasteiger partial charge in [0.15, 0.2) is 10.5 Å². The Hall–Kier alpha value is -1.17. The quantitative estimate of drug-likeness (QED) is 0.611. The van der Waals surface area contributed by atoms with E-state index in [0.717, 1.165) is 4.90 Å². The number of hydrogen-bond acceptors (Lipinski definition) is 5. The van der Waals surface area contributed by atoms with Crippen LogP contribution in [0.2, 0.25) is 0 Å². The van der Waals surface area contributed by atoms with Crippen molar-refractivity contribution in [3.05, 3.63) is 0 Å². The van der Waals surface area contributed by atoms with Crippen molar-refractivity contribution in [1.29, 1.82) is 0 Å². The molecule has 1 heterocycles. The molecule has 6 heteroatoms. The molecule has 14 heavy (non-hydrogen) atoms. The lowest BCUT2D eigenvalue weighted by Gasteiger charge is -2.18. The summed E-state index contributed by atoms with van der Waals surface area (Å²) in [6.07, 6.45) is 1.73. The Bertz CT molecular complexity index is 286. The van der Waals surface area contributed by atoms with Gasteiger partial charge in [-0.05, 0) is 0 Å². The largest absolute Gasteiger partial charge is 0.287 e. The van der Waals surface area contributed by atoms with Gasteiger partial charge in [-0.3, -0.25) is 24.1 Å². The molecule has 0 aromatic rings. The molecule has 0 aromatic carbocycles. The van der Waals surface area contributed by atoms with E-state index in [1.165, 1.54) is 13.2 Å². The van der Waals surface area contributed by atoms with Gasteiger partial charge in [-0.1, -0.05) is 11.8 Å². The SMILES string of the molecule is CC(=O)SC([C]=O)N1C(=O)CCC1=O. The van der Waals surface area contributed by atoms with Crippen molar-refractivity contribution in [2.75, 3.05) is 0 Å². The average Bonchev–Trinajstić information content (AvgIpc) is 2.43. The third kappa shape index (κ3) is 2.20. The first-order valence-electron chi connectivity index (χ1n) is 3.96. The van der Waals surface area contributed by atoms with Crippen LogP contribution in [-0.2, 0) is 19.2 Å². The maximum absolute atomic E-state index is 11.2. The fourth-order valence-electron chi connectivity index (χ4n) is 1.14. The molecule has 1 rings (SSSR count). The number of carbonyl (C=O) groups excluding carboxylic acids is 4. The molecule has 0 aliphatic carbocycles. The van der Waals surface area contributed by atoms with Crippen LogP contribution in [0.25, 0.3) is 0 Å². The summed E-state index contributed by atoms with van der Waals surface area (Å²) in [5, 5.41) is -1.44. The van der Waals surface area contributed by atoms with Gasteiger partial charge in [-0.15, -0.1) is 0 Å². The summed E-state index contributed by atoms with van der Waals surface area (Å²) in [7, 11) is 0. The standard InChI is InChI=1S/C8H8NO4S/c1-5(11)14-8(4-10)9-6(12)2-3-7(9)13/h8H,2-3H2,1H3. The van der Waals surface area contributed by atoms with Gasteiger partial charge in [-0.2, -0.15) is 0 Å². The van der Waals surface area contributed by atoms with Gasteiger partial charge in [0.05, 0.1) is 0 Å². The van der Waals surface area contributed by atoms with E-state index in [-0.39, 0.29) is 18.0 Å². The minimum absolute atomic E-state index is 0.107. The van der Waals surface area contributed by atoms with Crippen molar-refractivity contribution in [1.82, 2.24) is 4.90 Å². The van der Waals surface area contributed by atoms with Crippen LogP contribution in [0.4, 0.5) is 0 Å². The fraction of sp³-hybridized carbons (Fsp3) is 0.500. The monoisotopic (exact) mass is 214 g/mol. The third-order valence-electron chi connectivity index (χ3n) is 1.70. The summed E-state index contributed by atoms with van der Waals surface area (Å²) in [5.74, 6) is -0.839. The van der Waals surface area contributed by atoms with Crippen LogP contribution >= 0.6 is 11.8 Å². The highest BCUT2D eigenvalue weighted by atomic mass is 32.2. The zero-order valence-corrected chi connectivity index (χ0v) is 8.30. The second-order valence-corrected chi connectivity index (χ2v) is 3.99. The molecule has 1 aliphatic heterocycles. The first kappa shape index (κ1) is 10.9. The van der Waals surface area contributed by atoms with Crippen molar-refractivity contribution < 1.29 is 19.2 Å². The molecule has 5 nitrogen and oxygen atoms in total. The normalized spacial score (nSPS) is 18.5. The zero-order valence-electron chi connectivity index (χ0n) is 7.48. The van der Waals surface area contributed by atoms with Gasteiger partial charge in [0, 0.05) is 19.8 Å².